The van der Waals surface area contributed by atoms with E-state index in [4.69, 9.17) is 11.0 Å². The molecule has 2 N–H and O–H groups in total. The van der Waals surface area contributed by atoms with Crippen molar-refractivity contribution in [1.29, 1.82) is 5.26 Å². The van der Waals surface area contributed by atoms with E-state index < -0.39 is 0 Å². The third-order valence-electron chi connectivity index (χ3n) is 3.37. The van der Waals surface area contributed by atoms with Crippen LogP contribution < -0.4 is 10.6 Å². The Bertz CT molecular complexity index is 472. The number of nitrogens with two attached hydrogens (primary N) is 1. The van der Waals surface area contributed by atoms with Gasteiger partial charge >= 0.3 is 0 Å². The second-order valence-corrected chi connectivity index (χ2v) is 4.61. The van der Waals surface area contributed by atoms with E-state index in [0.29, 0.717) is 17.9 Å². The third-order valence-corrected chi connectivity index (χ3v) is 3.37. The van der Waals surface area contributed by atoms with E-state index in [2.05, 4.69) is 16.0 Å². The second kappa shape index (κ2) is 5.50. The Balaban J connectivity index is 2.01. The summed E-state index contributed by atoms with van der Waals surface area (Å²) >= 11 is 0. The average molecular weight is 244 g/mol. The van der Waals surface area contributed by atoms with Gasteiger partial charge in [0.1, 0.15) is 6.07 Å². The van der Waals surface area contributed by atoms with Gasteiger partial charge in [0.25, 0.3) is 0 Å². The summed E-state index contributed by atoms with van der Waals surface area (Å²) in [5, 5.41) is 9.05. The van der Waals surface area contributed by atoms with Gasteiger partial charge in [0.2, 0.25) is 5.91 Å². The van der Waals surface area contributed by atoms with Gasteiger partial charge in [-0.15, -0.1) is 0 Å². The Hall–Kier alpha value is -2.09. The number of amides is 1. The van der Waals surface area contributed by atoms with Crippen LogP contribution in [0.1, 0.15) is 24.8 Å². The van der Waals surface area contributed by atoms with Gasteiger partial charge in [0, 0.05) is 25.7 Å². The fraction of sp³-hybridized carbons (Fsp3) is 0.462. The van der Waals surface area contributed by atoms with Gasteiger partial charge in [0.15, 0.2) is 0 Å². The van der Waals surface area contributed by atoms with E-state index in [-0.39, 0.29) is 5.91 Å². The highest BCUT2D eigenvalue weighted by Crippen LogP contribution is 2.26. The highest BCUT2D eigenvalue weighted by molar-refractivity contribution is 5.74. The molecule has 0 saturated carbocycles. The number of hydrogen-bond donors (Lipinski definition) is 1. The van der Waals surface area contributed by atoms with Crippen molar-refractivity contribution in [2.24, 2.45) is 11.7 Å². The molecule has 0 radical (unpaired) electrons. The summed E-state index contributed by atoms with van der Waals surface area (Å²) in [4.78, 5) is 17.1. The van der Waals surface area contributed by atoms with Crippen molar-refractivity contribution in [2.75, 3.05) is 18.0 Å². The molecule has 0 unspecified atom stereocenters. The van der Waals surface area contributed by atoms with Gasteiger partial charge in [-0.1, -0.05) is 0 Å². The molecule has 5 nitrogen and oxygen atoms in total. The minimum absolute atomic E-state index is 0.229. The smallest absolute Gasteiger partial charge is 0.217 e. The molecular formula is C13H16N4O. The first-order valence-electron chi connectivity index (χ1n) is 6.08. The molecule has 1 saturated heterocycles. The normalized spacial score (nSPS) is 16.3. The van der Waals surface area contributed by atoms with Crippen LogP contribution in [0.2, 0.25) is 0 Å². The molecule has 1 fully saturated rings. The molecule has 0 bridgehead atoms. The van der Waals surface area contributed by atoms with Crippen molar-refractivity contribution in [2.45, 2.75) is 19.3 Å². The van der Waals surface area contributed by atoms with Crippen molar-refractivity contribution < 1.29 is 4.79 Å². The predicted molar refractivity (Wildman–Crippen MR) is 67.7 cm³/mol. The molecule has 0 aliphatic carbocycles. The SMILES string of the molecule is N#Cc1ccncc1N1CCC(CC(N)=O)CC1. The summed E-state index contributed by atoms with van der Waals surface area (Å²) < 4.78 is 0. The van der Waals surface area contributed by atoms with Crippen LogP contribution in [0.5, 0.6) is 0 Å². The zero-order valence-corrected chi connectivity index (χ0v) is 10.2. The summed E-state index contributed by atoms with van der Waals surface area (Å²) in [6, 6.07) is 3.91. The average Bonchev–Trinajstić information content (AvgIpc) is 2.39. The first-order valence-corrected chi connectivity index (χ1v) is 6.08. The van der Waals surface area contributed by atoms with Crippen LogP contribution >= 0.6 is 0 Å². The largest absolute Gasteiger partial charge is 0.370 e. The van der Waals surface area contributed by atoms with Crippen molar-refractivity contribution in [1.82, 2.24) is 4.98 Å². The van der Waals surface area contributed by atoms with Crippen LogP contribution in [0, 0.1) is 17.2 Å². The number of anilines is 1. The van der Waals surface area contributed by atoms with E-state index in [1.165, 1.54) is 0 Å². The molecule has 1 aromatic rings. The van der Waals surface area contributed by atoms with Crippen LogP contribution in [-0.2, 0) is 4.79 Å². The molecule has 0 atom stereocenters. The lowest BCUT2D eigenvalue weighted by atomic mass is 9.93. The molecule has 94 valence electrons. The van der Waals surface area contributed by atoms with Crippen LogP contribution in [0.4, 0.5) is 5.69 Å². The molecule has 0 spiro atoms. The Morgan fingerprint density at radius 2 is 2.28 bits per heavy atom. The van der Waals surface area contributed by atoms with Gasteiger partial charge < -0.3 is 10.6 Å². The van der Waals surface area contributed by atoms with Gasteiger partial charge in [-0.3, -0.25) is 9.78 Å². The van der Waals surface area contributed by atoms with Gasteiger partial charge in [-0.05, 0) is 24.8 Å². The minimum Gasteiger partial charge on any atom is -0.370 e. The zero-order valence-electron chi connectivity index (χ0n) is 10.2. The Morgan fingerprint density at radius 1 is 1.56 bits per heavy atom. The first-order chi connectivity index (χ1) is 8.70. The highest BCUT2D eigenvalue weighted by Gasteiger charge is 2.22. The lowest BCUT2D eigenvalue weighted by Gasteiger charge is -2.33. The Kier molecular flexibility index (Phi) is 3.78. The lowest BCUT2D eigenvalue weighted by molar-refractivity contribution is -0.119. The number of carbonyl (C=O) groups is 1. The van der Waals surface area contributed by atoms with Crippen LogP contribution in [0.3, 0.4) is 0 Å². The first kappa shape index (κ1) is 12.4. The molecule has 5 heteroatoms. The maximum Gasteiger partial charge on any atom is 0.217 e. The van der Waals surface area contributed by atoms with E-state index in [0.717, 1.165) is 31.6 Å². The number of nitrogens with zero attached hydrogens (tertiary/aromatic N) is 3. The molecular weight excluding hydrogens is 228 g/mol. The van der Waals surface area contributed by atoms with Crippen molar-refractivity contribution in [3.05, 3.63) is 24.0 Å². The zero-order chi connectivity index (χ0) is 13.0. The van der Waals surface area contributed by atoms with E-state index >= 15 is 0 Å². The number of nitriles is 1. The molecule has 2 heterocycles. The second-order valence-electron chi connectivity index (χ2n) is 4.61. The van der Waals surface area contributed by atoms with Crippen molar-refractivity contribution >= 4 is 11.6 Å². The molecule has 2 rings (SSSR count). The molecule has 1 aromatic heterocycles. The maximum absolute atomic E-state index is 10.9. The molecule has 18 heavy (non-hydrogen) atoms. The number of aromatic nitrogens is 1. The van der Waals surface area contributed by atoms with Crippen LogP contribution in [0.15, 0.2) is 18.5 Å². The standard InChI is InChI=1S/C13H16N4O/c14-8-11-1-4-16-9-12(11)17-5-2-10(3-6-17)7-13(15)18/h1,4,9-10H,2-3,5-7H2,(H2,15,18). The number of pyridine rings is 1. The topological polar surface area (TPSA) is 83.0 Å². The summed E-state index contributed by atoms with van der Waals surface area (Å²) in [6.45, 7) is 1.69. The number of hydrogen-bond acceptors (Lipinski definition) is 4. The van der Waals surface area contributed by atoms with Gasteiger partial charge in [-0.25, -0.2) is 0 Å². The van der Waals surface area contributed by atoms with Gasteiger partial charge in [-0.2, -0.15) is 5.26 Å². The Labute approximate surface area is 106 Å². The van der Waals surface area contributed by atoms with Crippen LogP contribution in [-0.4, -0.2) is 24.0 Å². The third kappa shape index (κ3) is 2.77. The van der Waals surface area contributed by atoms with E-state index in [9.17, 15) is 4.79 Å². The number of piperidine rings is 1. The molecule has 1 aliphatic rings. The molecule has 1 aliphatic heterocycles. The summed E-state index contributed by atoms with van der Waals surface area (Å²) in [5.74, 6) is 0.147. The maximum atomic E-state index is 10.9. The number of primary amides is 1. The quantitative estimate of drug-likeness (QED) is 0.861. The monoisotopic (exact) mass is 244 g/mol. The summed E-state index contributed by atoms with van der Waals surface area (Å²) in [5.41, 5.74) is 6.75. The summed E-state index contributed by atoms with van der Waals surface area (Å²) in [6.07, 6.45) is 5.69. The van der Waals surface area contributed by atoms with Crippen LogP contribution in [0.25, 0.3) is 0 Å². The van der Waals surface area contributed by atoms with E-state index in [1.807, 2.05) is 0 Å². The van der Waals surface area contributed by atoms with E-state index in [1.54, 1.807) is 18.5 Å². The van der Waals surface area contributed by atoms with Gasteiger partial charge in [0.05, 0.1) is 17.4 Å². The number of rotatable bonds is 3. The van der Waals surface area contributed by atoms with Crippen molar-refractivity contribution in [3.63, 3.8) is 0 Å². The van der Waals surface area contributed by atoms with Crippen molar-refractivity contribution in [3.8, 4) is 6.07 Å². The fourth-order valence-electron chi connectivity index (χ4n) is 2.40. The minimum atomic E-state index is -0.229. The Morgan fingerprint density at radius 3 is 2.89 bits per heavy atom. The fourth-order valence-corrected chi connectivity index (χ4v) is 2.40. The summed E-state index contributed by atoms with van der Waals surface area (Å²) in [7, 11) is 0. The number of carbonyl (C=O) groups excluding carboxylic acids is 1. The lowest BCUT2D eigenvalue weighted by Crippen LogP contribution is -2.35. The highest BCUT2D eigenvalue weighted by atomic mass is 16.1. The molecule has 1 amide bonds. The predicted octanol–water partition coefficient (Wildman–Crippen LogP) is 1.05. The molecule has 0 aromatic carbocycles.